The zero-order chi connectivity index (χ0) is 17.2. The van der Waals surface area contributed by atoms with E-state index >= 15 is 0 Å². The van der Waals surface area contributed by atoms with Crippen LogP contribution >= 0.6 is 11.8 Å². The van der Waals surface area contributed by atoms with Gasteiger partial charge in [0.25, 0.3) is 0 Å². The van der Waals surface area contributed by atoms with Gasteiger partial charge in [-0.3, -0.25) is 4.79 Å². The van der Waals surface area contributed by atoms with Gasteiger partial charge in [-0.2, -0.15) is 0 Å². The zero-order valence-electron chi connectivity index (χ0n) is 12.4. The summed E-state index contributed by atoms with van der Waals surface area (Å²) < 4.78 is 45.3. The van der Waals surface area contributed by atoms with Gasteiger partial charge < -0.3 is 9.47 Å². The molecular formula is C17H13F3O3S. The van der Waals surface area contributed by atoms with Crippen LogP contribution in [0.25, 0.3) is 0 Å². The van der Waals surface area contributed by atoms with Gasteiger partial charge in [-0.05, 0) is 35.7 Å². The molecule has 0 saturated carbocycles. The number of ether oxygens (including phenoxy) is 2. The summed E-state index contributed by atoms with van der Waals surface area (Å²) in [5.74, 6) is -0.633. The average Bonchev–Trinajstić information content (AvgIpc) is 2.96. The number of thioether (sulfide) groups is 1. The number of alkyl halides is 3. The Morgan fingerprint density at radius 1 is 1.12 bits per heavy atom. The molecule has 0 aromatic heterocycles. The second-order valence-corrected chi connectivity index (χ2v) is 6.46. The summed E-state index contributed by atoms with van der Waals surface area (Å²) in [6, 6.07) is 13.0. The van der Waals surface area contributed by atoms with Gasteiger partial charge >= 0.3 is 12.3 Å². The lowest BCUT2D eigenvalue weighted by Gasteiger charge is -2.11. The highest BCUT2D eigenvalue weighted by Gasteiger charge is 2.31. The topological polar surface area (TPSA) is 35.5 Å². The van der Waals surface area contributed by atoms with Gasteiger partial charge in [0, 0.05) is 4.90 Å². The normalized spacial score (nSPS) is 16.5. The Bertz CT molecular complexity index is 704. The molecule has 126 valence electrons. The van der Waals surface area contributed by atoms with Gasteiger partial charge in [-0.1, -0.05) is 30.3 Å². The Balaban J connectivity index is 1.52. The van der Waals surface area contributed by atoms with Crippen molar-refractivity contribution in [2.45, 2.75) is 29.5 Å². The minimum atomic E-state index is -4.72. The number of carbonyl (C=O) groups excluding carboxylic acids is 1. The van der Waals surface area contributed by atoms with E-state index in [4.69, 9.17) is 4.74 Å². The first-order valence-corrected chi connectivity index (χ1v) is 8.04. The molecule has 0 aliphatic carbocycles. The fourth-order valence-corrected chi connectivity index (χ4v) is 3.54. The molecule has 24 heavy (non-hydrogen) atoms. The van der Waals surface area contributed by atoms with Crippen molar-refractivity contribution in [3.8, 4) is 5.75 Å². The monoisotopic (exact) mass is 354 g/mol. The van der Waals surface area contributed by atoms with Crippen LogP contribution in [-0.2, 0) is 22.6 Å². The highest BCUT2D eigenvalue weighted by atomic mass is 32.2. The van der Waals surface area contributed by atoms with E-state index in [1.54, 1.807) is 0 Å². The van der Waals surface area contributed by atoms with Crippen molar-refractivity contribution < 1.29 is 27.4 Å². The van der Waals surface area contributed by atoms with Crippen molar-refractivity contribution in [1.82, 2.24) is 0 Å². The van der Waals surface area contributed by atoms with Crippen molar-refractivity contribution in [3.05, 3.63) is 59.7 Å². The van der Waals surface area contributed by atoms with E-state index in [9.17, 15) is 18.0 Å². The molecule has 3 nitrogen and oxygen atoms in total. The molecule has 7 heteroatoms. The van der Waals surface area contributed by atoms with Crippen molar-refractivity contribution in [3.63, 3.8) is 0 Å². The van der Waals surface area contributed by atoms with E-state index in [0.717, 1.165) is 10.5 Å². The molecule has 0 radical (unpaired) electrons. The number of benzene rings is 2. The maximum Gasteiger partial charge on any atom is 0.573 e. The SMILES string of the molecule is O=C(OCc1ccc(OC(F)(F)F)cc1)C1Cc2ccccc2S1. The third kappa shape index (κ3) is 4.23. The van der Waals surface area contributed by atoms with Crippen LogP contribution in [0.5, 0.6) is 5.75 Å². The maximum atomic E-state index is 12.1. The molecule has 2 aromatic rings. The van der Waals surface area contributed by atoms with Crippen LogP contribution in [0.1, 0.15) is 11.1 Å². The summed E-state index contributed by atoms with van der Waals surface area (Å²) in [5.41, 5.74) is 1.72. The molecular weight excluding hydrogens is 341 g/mol. The first-order valence-electron chi connectivity index (χ1n) is 7.16. The number of carbonyl (C=O) groups is 1. The molecule has 1 aliphatic heterocycles. The average molecular weight is 354 g/mol. The Morgan fingerprint density at radius 2 is 1.83 bits per heavy atom. The Hall–Kier alpha value is -2.15. The maximum absolute atomic E-state index is 12.1. The molecule has 0 saturated heterocycles. The first kappa shape index (κ1) is 16.7. The predicted molar refractivity (Wildman–Crippen MR) is 82.7 cm³/mol. The number of fused-ring (bicyclic) bond motifs is 1. The minimum Gasteiger partial charge on any atom is -0.460 e. The highest BCUT2D eigenvalue weighted by Crippen LogP contribution is 2.37. The second-order valence-electron chi connectivity index (χ2n) is 5.22. The summed E-state index contributed by atoms with van der Waals surface area (Å²) in [6.45, 7) is 0.0124. The number of hydrogen-bond acceptors (Lipinski definition) is 4. The van der Waals surface area contributed by atoms with Crippen molar-refractivity contribution in [1.29, 1.82) is 0 Å². The molecule has 0 bridgehead atoms. The summed E-state index contributed by atoms with van der Waals surface area (Å²) in [4.78, 5) is 13.2. The van der Waals surface area contributed by atoms with Crippen LogP contribution in [0.3, 0.4) is 0 Å². The highest BCUT2D eigenvalue weighted by molar-refractivity contribution is 8.01. The van der Waals surface area contributed by atoms with Gasteiger partial charge in [0.05, 0.1) is 0 Å². The Kier molecular flexibility index (Phi) is 4.71. The van der Waals surface area contributed by atoms with Gasteiger partial charge in [0.2, 0.25) is 0 Å². The van der Waals surface area contributed by atoms with Crippen molar-refractivity contribution >= 4 is 17.7 Å². The van der Waals surface area contributed by atoms with Crippen LogP contribution in [0, 0.1) is 0 Å². The zero-order valence-corrected chi connectivity index (χ0v) is 13.2. The third-order valence-electron chi connectivity index (χ3n) is 3.45. The van der Waals surface area contributed by atoms with Crippen LogP contribution in [0.2, 0.25) is 0 Å². The van der Waals surface area contributed by atoms with E-state index in [0.29, 0.717) is 12.0 Å². The minimum absolute atomic E-state index is 0.0124. The van der Waals surface area contributed by atoms with Gasteiger partial charge in [-0.25, -0.2) is 0 Å². The summed E-state index contributed by atoms with van der Waals surface area (Å²) in [7, 11) is 0. The molecule has 0 spiro atoms. The largest absolute Gasteiger partial charge is 0.573 e. The predicted octanol–water partition coefficient (Wildman–Crippen LogP) is 4.35. The number of halogens is 3. The molecule has 1 heterocycles. The molecule has 2 aromatic carbocycles. The smallest absolute Gasteiger partial charge is 0.460 e. The van der Waals surface area contributed by atoms with E-state index < -0.39 is 6.36 Å². The summed E-state index contributed by atoms with van der Waals surface area (Å²) in [5, 5.41) is -0.282. The van der Waals surface area contributed by atoms with Crippen molar-refractivity contribution in [2.24, 2.45) is 0 Å². The molecule has 0 amide bonds. The lowest BCUT2D eigenvalue weighted by molar-refractivity contribution is -0.274. The molecule has 1 aliphatic rings. The lowest BCUT2D eigenvalue weighted by atomic mass is 10.1. The molecule has 1 atom stereocenters. The summed E-state index contributed by atoms with van der Waals surface area (Å²) in [6.07, 6.45) is -4.10. The number of rotatable bonds is 4. The lowest BCUT2D eigenvalue weighted by Crippen LogP contribution is -2.19. The standard InChI is InChI=1S/C17H13F3O3S/c18-17(19,20)23-13-7-5-11(6-8-13)10-22-16(21)15-9-12-3-1-2-4-14(12)24-15/h1-8,15H,9-10H2. The van der Waals surface area contributed by atoms with E-state index in [2.05, 4.69) is 4.74 Å². The van der Waals surface area contributed by atoms with Gasteiger partial charge in [-0.15, -0.1) is 24.9 Å². The van der Waals surface area contributed by atoms with Crippen LogP contribution in [0.4, 0.5) is 13.2 Å². The van der Waals surface area contributed by atoms with E-state index in [-0.39, 0.29) is 23.6 Å². The second kappa shape index (κ2) is 6.76. The number of esters is 1. The molecule has 3 rings (SSSR count). The Morgan fingerprint density at radius 3 is 2.50 bits per heavy atom. The molecule has 0 N–H and O–H groups in total. The molecule has 1 unspecified atom stereocenters. The Labute approximate surface area is 140 Å². The fraction of sp³-hybridized carbons (Fsp3) is 0.235. The third-order valence-corrected chi connectivity index (χ3v) is 4.74. The van der Waals surface area contributed by atoms with Crippen LogP contribution in [-0.4, -0.2) is 17.6 Å². The van der Waals surface area contributed by atoms with Gasteiger partial charge in [0.1, 0.15) is 17.6 Å². The van der Waals surface area contributed by atoms with Gasteiger partial charge in [0.15, 0.2) is 0 Å². The van der Waals surface area contributed by atoms with E-state index in [1.165, 1.54) is 36.0 Å². The molecule has 0 fully saturated rings. The summed E-state index contributed by atoms with van der Waals surface area (Å²) >= 11 is 1.47. The van der Waals surface area contributed by atoms with Crippen LogP contribution < -0.4 is 4.74 Å². The fourth-order valence-electron chi connectivity index (χ4n) is 2.35. The number of hydrogen-bond donors (Lipinski definition) is 0. The van der Waals surface area contributed by atoms with Crippen molar-refractivity contribution in [2.75, 3.05) is 0 Å². The van der Waals surface area contributed by atoms with Crippen LogP contribution in [0.15, 0.2) is 53.4 Å². The van der Waals surface area contributed by atoms with E-state index in [1.807, 2.05) is 24.3 Å². The first-order chi connectivity index (χ1) is 11.4. The quantitative estimate of drug-likeness (QED) is 0.765.